The maximum atomic E-state index is 10.2. The summed E-state index contributed by atoms with van der Waals surface area (Å²) in [6.07, 6.45) is 23.2. The van der Waals surface area contributed by atoms with E-state index in [1.807, 2.05) is 0 Å². The fourth-order valence-corrected chi connectivity index (χ4v) is 3.02. The molecule has 0 unspecified atom stereocenters. The largest absolute Gasteiger partial charge is 1.00 e. The van der Waals surface area contributed by atoms with Crippen LogP contribution in [0.25, 0.3) is 0 Å². The van der Waals surface area contributed by atoms with E-state index in [1.165, 1.54) is 83.5 Å². The van der Waals surface area contributed by atoms with Crippen molar-refractivity contribution in [2.45, 2.75) is 110 Å². The molecule has 0 bridgehead atoms. The van der Waals surface area contributed by atoms with E-state index < -0.39 is 10.4 Å². The van der Waals surface area contributed by atoms with Crippen LogP contribution in [0.1, 0.15) is 110 Å². The van der Waals surface area contributed by atoms with Crippen LogP contribution < -0.4 is 29.6 Å². The smallest absolute Gasteiger partial charge is 0.716 e. The van der Waals surface area contributed by atoms with Crippen LogP contribution in [0.4, 0.5) is 0 Å². The van der Waals surface area contributed by atoms with E-state index in [2.05, 4.69) is 11.1 Å². The minimum atomic E-state index is -4.58. The molecule has 0 aromatic rings. The molecule has 25 heavy (non-hydrogen) atoms. The second-order valence-electron chi connectivity index (χ2n) is 6.61. The van der Waals surface area contributed by atoms with Gasteiger partial charge in [0.2, 0.25) is 0 Å². The maximum absolute atomic E-state index is 10.2. The van der Waals surface area contributed by atoms with Gasteiger partial charge in [0.15, 0.2) is 0 Å². The minimum absolute atomic E-state index is 0. The van der Waals surface area contributed by atoms with Gasteiger partial charge in [0.1, 0.15) is 6.26 Å². The van der Waals surface area contributed by atoms with E-state index in [-0.39, 0.29) is 29.6 Å². The predicted molar refractivity (Wildman–Crippen MR) is 99.5 cm³/mol. The van der Waals surface area contributed by atoms with Crippen molar-refractivity contribution in [1.82, 2.24) is 0 Å². The van der Waals surface area contributed by atoms with Crippen LogP contribution in [0.3, 0.4) is 0 Å². The maximum Gasteiger partial charge on any atom is 1.00 e. The molecule has 0 aromatic carbocycles. The van der Waals surface area contributed by atoms with Crippen molar-refractivity contribution in [2.75, 3.05) is 0 Å². The first-order valence-electron chi connectivity index (χ1n) is 9.85. The monoisotopic (exact) mass is 384 g/mol. The number of rotatable bonds is 18. The quantitative estimate of drug-likeness (QED) is 0.120. The summed E-state index contributed by atoms with van der Waals surface area (Å²) < 4.78 is 34.5. The van der Waals surface area contributed by atoms with E-state index in [0.717, 1.165) is 25.5 Å². The van der Waals surface area contributed by atoms with Crippen molar-refractivity contribution in [1.29, 1.82) is 0 Å². The van der Waals surface area contributed by atoms with E-state index in [9.17, 15) is 13.0 Å². The van der Waals surface area contributed by atoms with Crippen molar-refractivity contribution in [3.63, 3.8) is 0 Å². The fourth-order valence-electron chi connectivity index (χ4n) is 2.81. The van der Waals surface area contributed by atoms with Gasteiger partial charge in [-0.1, -0.05) is 96.8 Å². The van der Waals surface area contributed by atoms with Crippen LogP contribution in [-0.2, 0) is 14.6 Å². The van der Waals surface area contributed by atoms with E-state index in [1.54, 1.807) is 6.08 Å². The van der Waals surface area contributed by atoms with Gasteiger partial charge in [0.25, 0.3) is 10.4 Å². The van der Waals surface area contributed by atoms with Gasteiger partial charge in [-0.2, -0.15) is 0 Å². The topological polar surface area (TPSA) is 66.4 Å². The molecule has 0 radical (unpaired) electrons. The van der Waals surface area contributed by atoms with E-state index in [4.69, 9.17) is 0 Å². The molecular weight excluding hydrogens is 347 g/mol. The van der Waals surface area contributed by atoms with E-state index >= 15 is 0 Å². The Morgan fingerprint density at radius 3 is 1.44 bits per heavy atom. The van der Waals surface area contributed by atoms with Gasteiger partial charge in [0.05, 0.1) is 0 Å². The summed E-state index contributed by atoms with van der Waals surface area (Å²) in [4.78, 5) is 0. The summed E-state index contributed by atoms with van der Waals surface area (Å²) in [7, 11) is -4.58. The Morgan fingerprint density at radius 1 is 0.720 bits per heavy atom. The summed E-state index contributed by atoms with van der Waals surface area (Å²) >= 11 is 0. The van der Waals surface area contributed by atoms with Gasteiger partial charge in [0, 0.05) is 0 Å². The molecule has 0 N–H and O–H groups in total. The van der Waals surface area contributed by atoms with Gasteiger partial charge in [-0.05, 0) is 18.9 Å². The van der Waals surface area contributed by atoms with Gasteiger partial charge in [-0.15, -0.1) is 0 Å². The third kappa shape index (κ3) is 26.8. The molecule has 144 valence electrons. The Bertz CT molecular complexity index is 383. The molecule has 0 aliphatic heterocycles. The van der Waals surface area contributed by atoms with Crippen LogP contribution >= 0.6 is 0 Å². The molecule has 0 aliphatic carbocycles. The van der Waals surface area contributed by atoms with Crippen molar-refractivity contribution in [3.8, 4) is 0 Å². The Balaban J connectivity index is 0. The number of hydrogen-bond donors (Lipinski definition) is 0. The second kappa shape index (κ2) is 20.8. The molecule has 0 saturated heterocycles. The number of allylic oxidation sites excluding steroid dienone is 1. The van der Waals surface area contributed by atoms with Crippen LogP contribution in [0.2, 0.25) is 0 Å². The van der Waals surface area contributed by atoms with Gasteiger partial charge in [-0.3, -0.25) is 0 Å². The van der Waals surface area contributed by atoms with Crippen LogP contribution in [0.15, 0.2) is 12.3 Å². The molecule has 0 heterocycles. The molecule has 0 fully saturated rings. The van der Waals surface area contributed by atoms with Crippen LogP contribution in [-0.4, -0.2) is 13.0 Å². The summed E-state index contributed by atoms with van der Waals surface area (Å²) in [5, 5.41) is 0. The molecule has 0 atom stereocenters. The first kappa shape index (κ1) is 27.7. The number of hydrogen-bond acceptors (Lipinski definition) is 4. The van der Waals surface area contributed by atoms with Crippen molar-refractivity contribution in [2.24, 2.45) is 0 Å². The summed E-state index contributed by atoms with van der Waals surface area (Å²) in [6.45, 7) is 2.26. The zero-order valence-corrected chi connectivity index (χ0v) is 19.3. The van der Waals surface area contributed by atoms with Crippen LogP contribution in [0.5, 0.6) is 0 Å². The predicted octanol–water partition coefficient (Wildman–Crippen LogP) is 3.24. The first-order valence-corrected chi connectivity index (χ1v) is 11.2. The average Bonchev–Trinajstić information content (AvgIpc) is 2.52. The van der Waals surface area contributed by atoms with Crippen molar-refractivity contribution < 1.29 is 46.7 Å². The molecule has 6 heteroatoms. The normalized spacial score (nSPS) is 11.6. The van der Waals surface area contributed by atoms with Crippen molar-refractivity contribution in [3.05, 3.63) is 12.3 Å². The van der Waals surface area contributed by atoms with Gasteiger partial charge >= 0.3 is 29.6 Å². The molecule has 0 saturated carbocycles. The number of unbranched alkanes of at least 4 members (excludes halogenated alkanes) is 15. The summed E-state index contributed by atoms with van der Waals surface area (Å²) in [6, 6.07) is 0. The molecule has 0 rings (SSSR count). The Hall–Kier alpha value is 0.450. The van der Waals surface area contributed by atoms with Crippen molar-refractivity contribution >= 4 is 10.4 Å². The molecular formula is C19H37NaO4S. The molecule has 0 spiro atoms. The summed E-state index contributed by atoms with van der Waals surface area (Å²) in [5.74, 6) is 0. The summed E-state index contributed by atoms with van der Waals surface area (Å²) in [5.41, 5.74) is 0. The van der Waals surface area contributed by atoms with Crippen LogP contribution in [0, 0.1) is 0 Å². The third-order valence-electron chi connectivity index (χ3n) is 4.24. The van der Waals surface area contributed by atoms with Gasteiger partial charge < -0.3 is 8.74 Å². The Labute approximate surface area is 178 Å². The zero-order chi connectivity index (χ0) is 17.9. The molecule has 0 aliphatic rings. The average molecular weight is 385 g/mol. The molecule has 0 aromatic heterocycles. The van der Waals surface area contributed by atoms with E-state index in [0.29, 0.717) is 0 Å². The first-order chi connectivity index (χ1) is 11.6. The fraction of sp³-hybridized carbons (Fsp3) is 0.895. The minimum Gasteiger partial charge on any atom is -0.716 e. The van der Waals surface area contributed by atoms with Gasteiger partial charge in [-0.25, -0.2) is 8.42 Å². The third-order valence-corrected chi connectivity index (χ3v) is 4.59. The molecule has 0 amide bonds. The Kier molecular flexibility index (Phi) is 23.0. The SMILES string of the molecule is CCCCCCCCCCCCCCCCC/C=C/OS(=O)(=O)[O-].[Na+]. The second-order valence-corrected chi connectivity index (χ2v) is 7.62. The Morgan fingerprint density at radius 2 is 1.08 bits per heavy atom. The molecule has 4 nitrogen and oxygen atoms in total. The standard InChI is InChI=1S/C19H38O4S.Na/c1-2-3-4-5-6-7-8-9-10-11-12-13-14-15-16-17-18-19-23-24(20,21)22;/h18-19H,2-17H2,1H3,(H,20,21,22);/q;+1/p-1/b19-18+;. The zero-order valence-electron chi connectivity index (χ0n) is 16.5.